The highest BCUT2D eigenvalue weighted by Gasteiger charge is 2.64. The van der Waals surface area contributed by atoms with Gasteiger partial charge in [0.1, 0.15) is 5.78 Å². The van der Waals surface area contributed by atoms with Gasteiger partial charge >= 0.3 is 0 Å². The third-order valence-corrected chi connectivity index (χ3v) is 10.7. The SMILES string of the molecule is CC(C)CCC[C@@H](C)[C@H]1CC(=O)[C@H]2[C@@H]3CC[C@H]4CCCC(O)[C@]4(C)[C@H]3CC[C@]12C. The number of rotatable bonds is 5. The third-order valence-electron chi connectivity index (χ3n) is 10.7. The highest BCUT2D eigenvalue weighted by Crippen LogP contribution is 2.67. The zero-order chi connectivity index (χ0) is 21.0. The molecule has 4 fully saturated rings. The van der Waals surface area contributed by atoms with Crippen molar-refractivity contribution in [3.8, 4) is 0 Å². The minimum absolute atomic E-state index is 0.0593. The number of carbonyl (C=O) groups excluding carboxylic acids is 1. The minimum atomic E-state index is -0.152. The predicted octanol–water partition coefficient (Wildman–Crippen LogP) is 6.65. The van der Waals surface area contributed by atoms with Gasteiger partial charge in [0.15, 0.2) is 0 Å². The van der Waals surface area contributed by atoms with E-state index >= 15 is 0 Å². The molecule has 0 amide bonds. The van der Waals surface area contributed by atoms with Crippen molar-refractivity contribution in [3.63, 3.8) is 0 Å². The van der Waals surface area contributed by atoms with Crippen LogP contribution in [0.2, 0.25) is 0 Å². The van der Waals surface area contributed by atoms with Crippen LogP contribution in [0.25, 0.3) is 0 Å². The molecular weight excluding hydrogens is 356 g/mol. The van der Waals surface area contributed by atoms with E-state index in [0.29, 0.717) is 35.4 Å². The fourth-order valence-corrected chi connectivity index (χ4v) is 9.05. The summed E-state index contributed by atoms with van der Waals surface area (Å²) < 4.78 is 0. The van der Waals surface area contributed by atoms with Crippen LogP contribution < -0.4 is 0 Å². The molecule has 1 unspecified atom stereocenters. The van der Waals surface area contributed by atoms with Gasteiger partial charge in [-0.1, -0.05) is 60.3 Å². The maximum absolute atomic E-state index is 13.4. The molecule has 2 heteroatoms. The van der Waals surface area contributed by atoms with Crippen molar-refractivity contribution in [2.75, 3.05) is 0 Å². The van der Waals surface area contributed by atoms with Gasteiger partial charge in [-0.05, 0) is 84.9 Å². The van der Waals surface area contributed by atoms with Crippen LogP contribution in [0, 0.1) is 52.3 Å². The molecule has 4 saturated carbocycles. The summed E-state index contributed by atoms with van der Waals surface area (Å²) in [4.78, 5) is 13.4. The molecule has 0 aliphatic heterocycles. The van der Waals surface area contributed by atoms with Crippen LogP contribution in [0.15, 0.2) is 0 Å². The van der Waals surface area contributed by atoms with Crippen molar-refractivity contribution in [1.82, 2.24) is 0 Å². The topological polar surface area (TPSA) is 37.3 Å². The van der Waals surface area contributed by atoms with Crippen LogP contribution in [0.4, 0.5) is 0 Å². The Labute approximate surface area is 179 Å². The molecule has 0 heterocycles. The quantitative estimate of drug-likeness (QED) is 0.559. The number of hydrogen-bond donors (Lipinski definition) is 1. The first-order valence-electron chi connectivity index (χ1n) is 12.9. The predicted molar refractivity (Wildman–Crippen MR) is 119 cm³/mol. The number of fused-ring (bicyclic) bond motifs is 5. The number of aliphatic hydroxyl groups is 1. The highest BCUT2D eigenvalue weighted by atomic mass is 16.3. The highest BCUT2D eigenvalue weighted by molar-refractivity contribution is 5.85. The van der Waals surface area contributed by atoms with Gasteiger partial charge in [0.2, 0.25) is 0 Å². The third kappa shape index (κ3) is 3.44. The minimum Gasteiger partial charge on any atom is -0.393 e. The summed E-state index contributed by atoms with van der Waals surface area (Å²) in [5.74, 6) is 4.65. The molecule has 0 aromatic carbocycles. The Morgan fingerprint density at radius 2 is 1.79 bits per heavy atom. The molecule has 1 N–H and O–H groups in total. The zero-order valence-electron chi connectivity index (χ0n) is 19.8. The number of carbonyl (C=O) groups is 1. The molecule has 0 saturated heterocycles. The largest absolute Gasteiger partial charge is 0.393 e. The van der Waals surface area contributed by atoms with E-state index in [1.54, 1.807) is 0 Å². The van der Waals surface area contributed by atoms with Gasteiger partial charge in [-0.3, -0.25) is 4.79 Å². The average Bonchev–Trinajstić information content (AvgIpc) is 2.93. The lowest BCUT2D eigenvalue weighted by Gasteiger charge is -2.61. The Morgan fingerprint density at radius 3 is 2.52 bits per heavy atom. The van der Waals surface area contributed by atoms with Crippen molar-refractivity contribution in [2.24, 2.45) is 52.3 Å². The summed E-state index contributed by atoms with van der Waals surface area (Å²) in [5.41, 5.74) is 0.266. The van der Waals surface area contributed by atoms with Gasteiger partial charge in [0.05, 0.1) is 6.10 Å². The van der Waals surface area contributed by atoms with Crippen molar-refractivity contribution in [3.05, 3.63) is 0 Å². The molecule has 0 radical (unpaired) electrons. The van der Waals surface area contributed by atoms with Crippen LogP contribution in [0.5, 0.6) is 0 Å². The monoisotopic (exact) mass is 402 g/mol. The summed E-state index contributed by atoms with van der Waals surface area (Å²) in [7, 11) is 0. The Bertz CT molecular complexity index is 612. The molecule has 4 aliphatic rings. The second-order valence-corrected chi connectivity index (χ2v) is 12.5. The van der Waals surface area contributed by atoms with Gasteiger partial charge in [-0.25, -0.2) is 0 Å². The molecule has 0 aromatic rings. The van der Waals surface area contributed by atoms with E-state index in [0.717, 1.165) is 18.8 Å². The second kappa shape index (κ2) is 7.95. The first kappa shape index (κ1) is 21.8. The molecule has 2 nitrogen and oxygen atoms in total. The van der Waals surface area contributed by atoms with E-state index < -0.39 is 0 Å². The second-order valence-electron chi connectivity index (χ2n) is 12.5. The molecule has 29 heavy (non-hydrogen) atoms. The van der Waals surface area contributed by atoms with Crippen LogP contribution in [0.3, 0.4) is 0 Å². The molecule has 4 rings (SSSR count). The van der Waals surface area contributed by atoms with E-state index in [1.807, 2.05) is 0 Å². The molecule has 9 atom stereocenters. The van der Waals surface area contributed by atoms with Crippen LogP contribution >= 0.6 is 0 Å². The van der Waals surface area contributed by atoms with Crippen LogP contribution in [-0.4, -0.2) is 17.0 Å². The summed E-state index contributed by atoms with van der Waals surface area (Å²) in [5, 5.41) is 11.1. The maximum atomic E-state index is 13.4. The number of ketones is 1. The summed E-state index contributed by atoms with van der Waals surface area (Å²) in [6, 6.07) is 0. The van der Waals surface area contributed by atoms with Crippen molar-refractivity contribution >= 4 is 5.78 Å². The van der Waals surface area contributed by atoms with Crippen molar-refractivity contribution in [1.29, 1.82) is 0 Å². The van der Waals surface area contributed by atoms with Crippen LogP contribution in [-0.2, 0) is 4.79 Å². The molecule has 0 aromatic heterocycles. The zero-order valence-corrected chi connectivity index (χ0v) is 19.8. The number of aliphatic hydroxyl groups excluding tert-OH is 1. The lowest BCUT2D eigenvalue weighted by Crippen LogP contribution is -2.58. The smallest absolute Gasteiger partial charge is 0.137 e. The molecule has 0 spiro atoms. The molecular formula is C27H46O2. The normalized spacial score (nSPS) is 48.2. The summed E-state index contributed by atoms with van der Waals surface area (Å²) in [6.45, 7) is 11.9. The van der Waals surface area contributed by atoms with Crippen molar-refractivity contribution < 1.29 is 9.90 Å². The maximum Gasteiger partial charge on any atom is 0.137 e. The fraction of sp³-hybridized carbons (Fsp3) is 0.963. The van der Waals surface area contributed by atoms with Gasteiger partial charge in [0.25, 0.3) is 0 Å². The Hall–Kier alpha value is -0.370. The van der Waals surface area contributed by atoms with Crippen LogP contribution in [0.1, 0.15) is 105 Å². The van der Waals surface area contributed by atoms with Gasteiger partial charge in [0, 0.05) is 12.3 Å². The van der Waals surface area contributed by atoms with Gasteiger partial charge in [-0.15, -0.1) is 0 Å². The summed E-state index contributed by atoms with van der Waals surface area (Å²) >= 11 is 0. The van der Waals surface area contributed by atoms with Crippen molar-refractivity contribution in [2.45, 2.75) is 111 Å². The Morgan fingerprint density at radius 1 is 1.03 bits per heavy atom. The van der Waals surface area contributed by atoms with Gasteiger partial charge in [-0.2, -0.15) is 0 Å². The molecule has 4 aliphatic carbocycles. The average molecular weight is 403 g/mol. The van der Waals surface area contributed by atoms with E-state index in [4.69, 9.17) is 0 Å². The van der Waals surface area contributed by atoms with Gasteiger partial charge < -0.3 is 5.11 Å². The lowest BCUT2D eigenvalue weighted by molar-refractivity contribution is -0.168. The molecule has 0 bridgehead atoms. The van der Waals surface area contributed by atoms with E-state index in [2.05, 4.69) is 34.6 Å². The first-order chi connectivity index (χ1) is 13.7. The Balaban J connectivity index is 1.54. The fourth-order valence-electron chi connectivity index (χ4n) is 9.05. The first-order valence-corrected chi connectivity index (χ1v) is 12.9. The van der Waals surface area contributed by atoms with E-state index in [1.165, 1.54) is 57.8 Å². The lowest BCUT2D eigenvalue weighted by atomic mass is 9.44. The van der Waals surface area contributed by atoms with E-state index in [-0.39, 0.29) is 22.9 Å². The molecule has 166 valence electrons. The summed E-state index contributed by atoms with van der Waals surface area (Å²) in [6.07, 6.45) is 13.0. The Kier molecular flexibility index (Phi) is 5.99. The standard InChI is InChI=1S/C27H46O2/c1-17(2)8-6-9-18(3)22-16-23(28)25-20-13-12-19-10-7-11-24(29)27(19,5)21(20)14-15-26(22,25)4/h17-22,24-25,29H,6-16H2,1-5H3/t18-,19-,20-,21+,22-,24?,25-,26-,27+/m1/s1. The number of Topliss-reactive ketones (excluding diaryl/α,β-unsaturated/α-hetero) is 1. The number of hydrogen-bond acceptors (Lipinski definition) is 2. The van der Waals surface area contributed by atoms with E-state index in [9.17, 15) is 9.90 Å².